The molecule has 0 fully saturated rings. The van der Waals surface area contributed by atoms with Crippen molar-refractivity contribution in [3.8, 4) is 16.9 Å². The van der Waals surface area contributed by atoms with Crippen molar-refractivity contribution in [2.75, 3.05) is 38.4 Å². The van der Waals surface area contributed by atoms with Gasteiger partial charge in [0.2, 0.25) is 0 Å². The second-order valence-corrected chi connectivity index (χ2v) is 9.77. The third-order valence-corrected chi connectivity index (χ3v) is 7.01. The van der Waals surface area contributed by atoms with Crippen molar-refractivity contribution in [1.82, 2.24) is 4.37 Å². The number of fused-ring (bicyclic) bond motifs is 1. The zero-order chi connectivity index (χ0) is 25.3. The van der Waals surface area contributed by atoms with Gasteiger partial charge < -0.3 is 19.1 Å². The van der Waals surface area contributed by atoms with Crippen LogP contribution in [-0.2, 0) is 20.8 Å². The van der Waals surface area contributed by atoms with Crippen LogP contribution in [0.15, 0.2) is 54.1 Å². The normalized spacial score (nSPS) is 13.1. The molecular formula is C29H34N2O4S. The number of esters is 1. The molecule has 0 atom stereocenters. The first-order valence-corrected chi connectivity index (χ1v) is 13.3. The minimum atomic E-state index is -0.276. The second-order valence-electron chi connectivity index (χ2n) is 8.88. The lowest BCUT2D eigenvalue weighted by molar-refractivity contribution is -0.136. The molecule has 190 valence electrons. The monoisotopic (exact) mass is 506 g/mol. The first-order chi connectivity index (χ1) is 17.6. The van der Waals surface area contributed by atoms with Gasteiger partial charge in [-0.2, -0.15) is 4.37 Å². The fourth-order valence-corrected chi connectivity index (χ4v) is 4.97. The van der Waals surface area contributed by atoms with Gasteiger partial charge in [-0.25, -0.2) is 4.79 Å². The Labute approximate surface area is 217 Å². The highest BCUT2D eigenvalue weighted by Crippen LogP contribution is 2.34. The molecule has 0 radical (unpaired) electrons. The minimum Gasteiger partial charge on any atom is -0.491 e. The number of carbonyl (C=O) groups is 1. The zero-order valence-electron chi connectivity index (χ0n) is 21.3. The smallest absolute Gasteiger partial charge is 0.333 e. The van der Waals surface area contributed by atoms with Crippen molar-refractivity contribution in [3.63, 3.8) is 0 Å². The molecule has 0 unspecified atom stereocenters. The molecule has 0 saturated carbocycles. The quantitative estimate of drug-likeness (QED) is 0.225. The number of aromatic nitrogens is 1. The molecule has 6 nitrogen and oxygen atoms in total. The Morgan fingerprint density at radius 2 is 1.86 bits per heavy atom. The number of methoxy groups -OCH3 is 1. The number of hydrogen-bond acceptors (Lipinski definition) is 7. The van der Waals surface area contributed by atoms with Gasteiger partial charge in [-0.1, -0.05) is 31.5 Å². The van der Waals surface area contributed by atoms with Crippen LogP contribution in [0.1, 0.15) is 42.3 Å². The van der Waals surface area contributed by atoms with E-state index in [1.807, 2.05) is 25.1 Å². The van der Waals surface area contributed by atoms with Gasteiger partial charge in [0.05, 0.1) is 26.0 Å². The van der Waals surface area contributed by atoms with Gasteiger partial charge in [0.25, 0.3) is 0 Å². The van der Waals surface area contributed by atoms with Crippen LogP contribution >= 0.6 is 11.5 Å². The fourth-order valence-electron chi connectivity index (χ4n) is 4.22. The molecule has 0 saturated heterocycles. The van der Waals surface area contributed by atoms with Crippen molar-refractivity contribution in [2.24, 2.45) is 0 Å². The topological polar surface area (TPSA) is 60.9 Å². The van der Waals surface area contributed by atoms with Crippen LogP contribution in [0.4, 0.5) is 5.69 Å². The predicted molar refractivity (Wildman–Crippen MR) is 146 cm³/mol. The van der Waals surface area contributed by atoms with Crippen molar-refractivity contribution >= 4 is 29.3 Å². The van der Waals surface area contributed by atoms with Crippen molar-refractivity contribution < 1.29 is 19.0 Å². The van der Waals surface area contributed by atoms with Crippen LogP contribution in [0.25, 0.3) is 17.2 Å². The van der Waals surface area contributed by atoms with Gasteiger partial charge in [0.1, 0.15) is 12.4 Å². The SMILES string of the molecule is CCCCOCCOc1ccc(-c2ccc3c(c2)C=C(C(=O)OC)CCN3Cc2cc(C)ns2)cc1. The molecule has 1 aliphatic rings. The summed E-state index contributed by atoms with van der Waals surface area (Å²) in [4.78, 5) is 15.9. The number of ether oxygens (including phenoxy) is 3. The Morgan fingerprint density at radius 3 is 2.58 bits per heavy atom. The minimum absolute atomic E-state index is 0.276. The molecule has 3 aromatic rings. The Hall–Kier alpha value is -3.16. The first kappa shape index (κ1) is 25.9. The Kier molecular flexibility index (Phi) is 9.14. The highest BCUT2D eigenvalue weighted by atomic mass is 32.1. The summed E-state index contributed by atoms with van der Waals surface area (Å²) in [6.45, 7) is 7.57. The van der Waals surface area contributed by atoms with E-state index in [1.165, 1.54) is 23.5 Å². The van der Waals surface area contributed by atoms with Crippen molar-refractivity contribution in [2.45, 2.75) is 39.7 Å². The van der Waals surface area contributed by atoms with Crippen LogP contribution in [-0.4, -0.2) is 43.8 Å². The summed E-state index contributed by atoms with van der Waals surface area (Å²) in [5.41, 5.74) is 6.00. The van der Waals surface area contributed by atoms with E-state index in [0.29, 0.717) is 25.2 Å². The van der Waals surface area contributed by atoms with E-state index < -0.39 is 0 Å². The maximum absolute atomic E-state index is 12.4. The summed E-state index contributed by atoms with van der Waals surface area (Å²) in [6, 6.07) is 16.7. The molecule has 1 aliphatic heterocycles. The number of benzene rings is 2. The molecule has 0 N–H and O–H groups in total. The summed E-state index contributed by atoms with van der Waals surface area (Å²) < 4.78 is 20.8. The molecule has 0 spiro atoms. The third kappa shape index (κ3) is 6.74. The maximum Gasteiger partial charge on any atom is 0.333 e. The van der Waals surface area contributed by atoms with E-state index in [4.69, 9.17) is 14.2 Å². The average molecular weight is 507 g/mol. The molecule has 0 aliphatic carbocycles. The lowest BCUT2D eigenvalue weighted by atomic mass is 10.00. The lowest BCUT2D eigenvalue weighted by Crippen LogP contribution is -2.24. The lowest BCUT2D eigenvalue weighted by Gasteiger charge is -2.24. The van der Waals surface area contributed by atoms with Gasteiger partial charge in [-0.3, -0.25) is 0 Å². The molecule has 1 aromatic heterocycles. The number of unbranched alkanes of at least 4 members (excludes halogenated alkanes) is 1. The number of aryl methyl sites for hydroxylation is 1. The Morgan fingerprint density at radius 1 is 1.06 bits per heavy atom. The number of rotatable bonds is 11. The van der Waals surface area contributed by atoms with Crippen LogP contribution in [0.3, 0.4) is 0 Å². The summed E-state index contributed by atoms with van der Waals surface area (Å²) in [6.07, 6.45) is 4.81. The molecule has 7 heteroatoms. The van der Waals surface area contributed by atoms with E-state index in [9.17, 15) is 4.79 Å². The van der Waals surface area contributed by atoms with Crippen LogP contribution in [0.2, 0.25) is 0 Å². The molecule has 0 amide bonds. The molecule has 36 heavy (non-hydrogen) atoms. The summed E-state index contributed by atoms with van der Waals surface area (Å²) in [5, 5.41) is 0. The number of nitrogens with zero attached hydrogens (tertiary/aromatic N) is 2. The van der Waals surface area contributed by atoms with Crippen molar-refractivity contribution in [3.05, 3.63) is 70.2 Å². The summed E-state index contributed by atoms with van der Waals surface area (Å²) in [7, 11) is 1.43. The van der Waals surface area contributed by atoms with Crippen LogP contribution in [0.5, 0.6) is 5.75 Å². The zero-order valence-corrected chi connectivity index (χ0v) is 22.1. The van der Waals surface area contributed by atoms with Crippen LogP contribution in [0, 0.1) is 6.92 Å². The molecular weight excluding hydrogens is 472 g/mol. The third-order valence-electron chi connectivity index (χ3n) is 6.15. The Balaban J connectivity index is 1.52. The highest BCUT2D eigenvalue weighted by Gasteiger charge is 2.21. The van der Waals surface area contributed by atoms with E-state index in [2.05, 4.69) is 52.6 Å². The molecule has 0 bridgehead atoms. The van der Waals surface area contributed by atoms with E-state index in [1.54, 1.807) is 0 Å². The largest absolute Gasteiger partial charge is 0.491 e. The van der Waals surface area contributed by atoms with E-state index >= 15 is 0 Å². The first-order valence-electron chi connectivity index (χ1n) is 12.5. The summed E-state index contributed by atoms with van der Waals surface area (Å²) in [5.74, 6) is 0.550. The van der Waals surface area contributed by atoms with Gasteiger partial charge in [-0.15, -0.1) is 0 Å². The van der Waals surface area contributed by atoms with Crippen LogP contribution < -0.4 is 9.64 Å². The van der Waals surface area contributed by atoms with E-state index in [-0.39, 0.29) is 5.97 Å². The average Bonchev–Trinajstić information content (AvgIpc) is 3.22. The highest BCUT2D eigenvalue weighted by molar-refractivity contribution is 7.05. The Bertz CT molecular complexity index is 1190. The molecule has 2 aromatic carbocycles. The second kappa shape index (κ2) is 12.7. The number of anilines is 1. The van der Waals surface area contributed by atoms with Gasteiger partial charge in [-0.05, 0) is 84.4 Å². The van der Waals surface area contributed by atoms with Crippen molar-refractivity contribution in [1.29, 1.82) is 0 Å². The summed E-state index contributed by atoms with van der Waals surface area (Å²) >= 11 is 1.53. The van der Waals surface area contributed by atoms with E-state index in [0.717, 1.165) is 66.4 Å². The predicted octanol–water partition coefficient (Wildman–Crippen LogP) is 6.28. The van der Waals surface area contributed by atoms with Gasteiger partial charge >= 0.3 is 5.97 Å². The number of carbonyl (C=O) groups excluding carboxylic acids is 1. The fraction of sp³-hybridized carbons (Fsp3) is 0.379. The maximum atomic E-state index is 12.4. The molecule has 2 heterocycles. The number of hydrogen-bond donors (Lipinski definition) is 0. The standard InChI is InChI=1S/C29H34N2O4S/c1-4-5-14-34-15-16-35-26-9-6-22(7-10-26)23-8-11-28-25(18-23)19-24(29(32)33-3)12-13-31(28)20-27-17-21(2)30-36-27/h6-11,17-19H,4-5,12-16,20H2,1-3H3. The van der Waals surface area contributed by atoms with Gasteiger partial charge in [0, 0.05) is 29.3 Å². The molecule has 4 rings (SSSR count). The van der Waals surface area contributed by atoms with Gasteiger partial charge in [0.15, 0.2) is 0 Å².